The summed E-state index contributed by atoms with van der Waals surface area (Å²) >= 11 is 9.57. The van der Waals surface area contributed by atoms with Crippen LogP contribution < -0.4 is 10.1 Å². The predicted octanol–water partition coefficient (Wildman–Crippen LogP) is 3.84. The summed E-state index contributed by atoms with van der Waals surface area (Å²) in [5.41, 5.74) is 1.28. The van der Waals surface area contributed by atoms with Crippen molar-refractivity contribution in [3.05, 3.63) is 57.0 Å². The lowest BCUT2D eigenvalue weighted by molar-refractivity contribution is 0.0303. The van der Waals surface area contributed by atoms with Gasteiger partial charge in [-0.25, -0.2) is 0 Å². The van der Waals surface area contributed by atoms with E-state index in [0.717, 1.165) is 0 Å². The number of anilines is 1. The molecule has 0 aliphatic carbocycles. The van der Waals surface area contributed by atoms with E-state index in [1.807, 2.05) is 0 Å². The van der Waals surface area contributed by atoms with Gasteiger partial charge in [-0.15, -0.1) is 0 Å². The molecule has 0 aromatic heterocycles. The third-order valence-electron chi connectivity index (χ3n) is 4.17. The third-order valence-corrected chi connectivity index (χ3v) is 5.12. The van der Waals surface area contributed by atoms with Crippen molar-refractivity contribution < 1.29 is 19.1 Å². The number of methoxy groups -OCH3 is 1. The zero-order valence-corrected chi connectivity index (χ0v) is 17.0. The molecule has 8 heteroatoms. The number of nitrogens with one attached hydrogen (secondary N) is 1. The number of hydrogen-bond acceptors (Lipinski definition) is 4. The highest BCUT2D eigenvalue weighted by Crippen LogP contribution is 2.28. The van der Waals surface area contributed by atoms with Crippen molar-refractivity contribution >= 4 is 45.0 Å². The fourth-order valence-corrected chi connectivity index (χ4v) is 3.41. The van der Waals surface area contributed by atoms with Gasteiger partial charge in [-0.1, -0.05) is 11.6 Å². The minimum absolute atomic E-state index is 0.113. The van der Waals surface area contributed by atoms with Gasteiger partial charge in [0, 0.05) is 24.2 Å². The Hall–Kier alpha value is -2.09. The van der Waals surface area contributed by atoms with Crippen LogP contribution in [-0.2, 0) is 4.74 Å². The van der Waals surface area contributed by atoms with E-state index >= 15 is 0 Å². The number of ether oxygens (including phenoxy) is 2. The van der Waals surface area contributed by atoms with Gasteiger partial charge in [0.2, 0.25) is 0 Å². The van der Waals surface area contributed by atoms with Crippen molar-refractivity contribution in [2.24, 2.45) is 0 Å². The van der Waals surface area contributed by atoms with Crippen LogP contribution >= 0.6 is 27.5 Å². The van der Waals surface area contributed by atoms with E-state index in [9.17, 15) is 9.59 Å². The Morgan fingerprint density at radius 3 is 2.52 bits per heavy atom. The van der Waals surface area contributed by atoms with Crippen molar-refractivity contribution in [2.75, 3.05) is 38.7 Å². The minimum atomic E-state index is -0.337. The van der Waals surface area contributed by atoms with Gasteiger partial charge in [-0.2, -0.15) is 0 Å². The maximum absolute atomic E-state index is 12.6. The number of hydrogen-bond donors (Lipinski definition) is 1. The van der Waals surface area contributed by atoms with E-state index in [2.05, 4.69) is 21.2 Å². The summed E-state index contributed by atoms with van der Waals surface area (Å²) in [4.78, 5) is 26.9. The number of benzene rings is 2. The Labute approximate surface area is 170 Å². The summed E-state index contributed by atoms with van der Waals surface area (Å²) in [5.74, 6) is 0.177. The average molecular weight is 454 g/mol. The van der Waals surface area contributed by atoms with Gasteiger partial charge in [0.05, 0.1) is 35.5 Å². The van der Waals surface area contributed by atoms with Crippen LogP contribution in [0.4, 0.5) is 5.69 Å². The van der Waals surface area contributed by atoms with Crippen LogP contribution in [0.5, 0.6) is 5.75 Å². The molecule has 2 amide bonds. The number of carbonyl (C=O) groups excluding carboxylic acids is 2. The molecule has 1 aliphatic heterocycles. The molecule has 0 bridgehead atoms. The van der Waals surface area contributed by atoms with Gasteiger partial charge < -0.3 is 19.7 Å². The molecule has 1 aliphatic rings. The van der Waals surface area contributed by atoms with Crippen LogP contribution in [-0.4, -0.2) is 50.1 Å². The van der Waals surface area contributed by atoms with Crippen molar-refractivity contribution in [3.8, 4) is 5.75 Å². The first-order valence-corrected chi connectivity index (χ1v) is 9.48. The van der Waals surface area contributed by atoms with Crippen LogP contribution in [0.25, 0.3) is 0 Å². The smallest absolute Gasteiger partial charge is 0.255 e. The number of nitrogens with zero attached hydrogens (tertiary/aromatic N) is 1. The Morgan fingerprint density at radius 1 is 1.15 bits per heavy atom. The number of rotatable bonds is 4. The first kappa shape index (κ1) is 19.7. The van der Waals surface area contributed by atoms with E-state index in [0.29, 0.717) is 58.4 Å². The molecule has 0 unspecified atom stereocenters. The topological polar surface area (TPSA) is 67.9 Å². The van der Waals surface area contributed by atoms with Crippen molar-refractivity contribution in [2.45, 2.75) is 0 Å². The van der Waals surface area contributed by atoms with E-state index in [-0.39, 0.29) is 11.8 Å². The SMILES string of the molecule is COc1ccc(C(=O)Nc2cc(C(=O)N3CCOCC3)ccc2Cl)cc1Br. The van der Waals surface area contributed by atoms with Crippen LogP contribution in [0.15, 0.2) is 40.9 Å². The summed E-state index contributed by atoms with van der Waals surface area (Å²) in [7, 11) is 1.55. The summed E-state index contributed by atoms with van der Waals surface area (Å²) in [6, 6.07) is 9.85. The number of morpholine rings is 1. The quantitative estimate of drug-likeness (QED) is 0.764. The average Bonchev–Trinajstić information content (AvgIpc) is 2.69. The maximum atomic E-state index is 12.6. The molecule has 6 nitrogen and oxygen atoms in total. The molecule has 2 aromatic rings. The predicted molar refractivity (Wildman–Crippen MR) is 107 cm³/mol. The van der Waals surface area contributed by atoms with E-state index < -0.39 is 0 Å². The van der Waals surface area contributed by atoms with Gasteiger partial charge in [0.15, 0.2) is 0 Å². The molecule has 2 aromatic carbocycles. The van der Waals surface area contributed by atoms with E-state index in [1.54, 1.807) is 48.4 Å². The highest BCUT2D eigenvalue weighted by Gasteiger charge is 2.20. The zero-order valence-electron chi connectivity index (χ0n) is 14.6. The van der Waals surface area contributed by atoms with E-state index in [1.165, 1.54) is 0 Å². The summed E-state index contributed by atoms with van der Waals surface area (Å²) < 4.78 is 11.1. The van der Waals surface area contributed by atoms with Crippen molar-refractivity contribution in [3.63, 3.8) is 0 Å². The van der Waals surface area contributed by atoms with Crippen LogP contribution in [0, 0.1) is 0 Å². The molecule has 1 fully saturated rings. The van der Waals surface area contributed by atoms with Crippen LogP contribution in [0.2, 0.25) is 5.02 Å². The molecule has 1 saturated heterocycles. The van der Waals surface area contributed by atoms with Crippen molar-refractivity contribution in [1.29, 1.82) is 0 Å². The number of halogens is 2. The lowest BCUT2D eigenvalue weighted by Gasteiger charge is -2.27. The standard InChI is InChI=1S/C19H18BrClN2O4/c1-26-17-5-3-12(10-14(17)20)18(24)22-16-11-13(2-4-15(16)21)19(25)23-6-8-27-9-7-23/h2-5,10-11H,6-9H2,1H3,(H,22,24). The molecule has 0 saturated carbocycles. The second-order valence-electron chi connectivity index (χ2n) is 5.90. The first-order chi connectivity index (χ1) is 13.0. The van der Waals surface area contributed by atoms with Crippen molar-refractivity contribution in [1.82, 2.24) is 4.90 Å². The molecule has 0 atom stereocenters. The Balaban J connectivity index is 1.79. The molecule has 1 N–H and O–H groups in total. The molecule has 0 radical (unpaired) electrons. The summed E-state index contributed by atoms with van der Waals surface area (Å²) in [6.45, 7) is 2.14. The molecule has 142 valence electrons. The third kappa shape index (κ3) is 4.61. The first-order valence-electron chi connectivity index (χ1n) is 8.31. The van der Waals surface area contributed by atoms with Gasteiger partial charge in [-0.05, 0) is 52.3 Å². The fourth-order valence-electron chi connectivity index (χ4n) is 2.71. The van der Waals surface area contributed by atoms with Gasteiger partial charge in [0.1, 0.15) is 5.75 Å². The van der Waals surface area contributed by atoms with Crippen LogP contribution in [0.3, 0.4) is 0 Å². The highest BCUT2D eigenvalue weighted by molar-refractivity contribution is 9.10. The Morgan fingerprint density at radius 2 is 1.85 bits per heavy atom. The summed E-state index contributed by atoms with van der Waals surface area (Å²) in [6.07, 6.45) is 0. The van der Waals surface area contributed by atoms with E-state index in [4.69, 9.17) is 21.1 Å². The Bertz CT molecular complexity index is 869. The summed E-state index contributed by atoms with van der Waals surface area (Å²) in [5, 5.41) is 3.12. The second kappa shape index (κ2) is 8.73. The maximum Gasteiger partial charge on any atom is 0.255 e. The highest BCUT2D eigenvalue weighted by atomic mass is 79.9. The fraction of sp³-hybridized carbons (Fsp3) is 0.263. The number of carbonyl (C=O) groups is 2. The lowest BCUT2D eigenvalue weighted by Crippen LogP contribution is -2.40. The molecular formula is C19H18BrClN2O4. The largest absolute Gasteiger partial charge is 0.496 e. The van der Waals surface area contributed by atoms with Gasteiger partial charge in [0.25, 0.3) is 11.8 Å². The minimum Gasteiger partial charge on any atom is -0.496 e. The zero-order chi connectivity index (χ0) is 19.4. The molecule has 27 heavy (non-hydrogen) atoms. The van der Waals surface area contributed by atoms with Gasteiger partial charge >= 0.3 is 0 Å². The monoisotopic (exact) mass is 452 g/mol. The molecular weight excluding hydrogens is 436 g/mol. The molecule has 0 spiro atoms. The molecule has 3 rings (SSSR count). The Kier molecular flexibility index (Phi) is 6.36. The van der Waals surface area contributed by atoms with Crippen LogP contribution in [0.1, 0.15) is 20.7 Å². The van der Waals surface area contributed by atoms with Gasteiger partial charge in [-0.3, -0.25) is 9.59 Å². The number of amides is 2. The second-order valence-corrected chi connectivity index (χ2v) is 7.16. The normalized spacial score (nSPS) is 14.0. The molecule has 1 heterocycles. The lowest BCUT2D eigenvalue weighted by atomic mass is 10.1.